The number of rotatable bonds is 7. The molecule has 0 heterocycles. The van der Waals surface area contributed by atoms with Crippen molar-refractivity contribution in [1.29, 1.82) is 0 Å². The number of carbonyl (C=O) groups is 2. The molecule has 0 spiro atoms. The van der Waals surface area contributed by atoms with E-state index in [9.17, 15) is 19.7 Å². The molecule has 0 unspecified atom stereocenters. The van der Waals surface area contributed by atoms with Crippen LogP contribution in [0.3, 0.4) is 0 Å². The highest BCUT2D eigenvalue weighted by Gasteiger charge is 2.12. The molecule has 2 N–H and O–H groups in total. The fourth-order valence-electron chi connectivity index (χ4n) is 3.02. The van der Waals surface area contributed by atoms with E-state index in [1.807, 2.05) is 38.1 Å². The molecule has 0 saturated carbocycles. The van der Waals surface area contributed by atoms with Gasteiger partial charge in [-0.3, -0.25) is 19.7 Å². The summed E-state index contributed by atoms with van der Waals surface area (Å²) in [5, 5.41) is 16.5. The Balaban J connectivity index is 1.59. The predicted octanol–water partition coefficient (Wildman–Crippen LogP) is 5.19. The highest BCUT2D eigenvalue weighted by atomic mass is 32.2. The molecule has 3 rings (SSSR count). The number of nitrogens with one attached hydrogen (secondary N) is 2. The van der Waals surface area contributed by atoms with Crippen molar-refractivity contribution in [3.63, 3.8) is 0 Å². The van der Waals surface area contributed by atoms with Crippen LogP contribution < -0.4 is 10.6 Å². The summed E-state index contributed by atoms with van der Waals surface area (Å²) in [5.74, 6) is -0.352. The third-order valence-corrected chi connectivity index (χ3v) is 5.28. The largest absolute Gasteiger partial charge is 0.325 e. The summed E-state index contributed by atoms with van der Waals surface area (Å²) in [4.78, 5) is 35.9. The summed E-state index contributed by atoms with van der Waals surface area (Å²) in [7, 11) is 0. The van der Waals surface area contributed by atoms with E-state index in [2.05, 4.69) is 10.6 Å². The lowest BCUT2D eigenvalue weighted by Gasteiger charge is -2.09. The lowest BCUT2D eigenvalue weighted by atomic mass is 10.1. The van der Waals surface area contributed by atoms with Crippen LogP contribution >= 0.6 is 11.8 Å². The van der Waals surface area contributed by atoms with Crippen LogP contribution in [0, 0.1) is 24.0 Å². The smallest absolute Gasteiger partial charge is 0.270 e. The van der Waals surface area contributed by atoms with Crippen molar-refractivity contribution in [3.8, 4) is 0 Å². The summed E-state index contributed by atoms with van der Waals surface area (Å²) < 4.78 is 0. The van der Waals surface area contributed by atoms with Crippen molar-refractivity contribution in [2.75, 3.05) is 16.4 Å². The number of carbonyl (C=O) groups excluding carboxylic acids is 2. The molecule has 3 aromatic rings. The van der Waals surface area contributed by atoms with Gasteiger partial charge in [0.25, 0.3) is 11.6 Å². The first-order chi connectivity index (χ1) is 14.8. The molecule has 0 bridgehead atoms. The second-order valence-corrected chi connectivity index (χ2v) is 8.05. The van der Waals surface area contributed by atoms with Crippen molar-refractivity contribution in [1.82, 2.24) is 0 Å². The van der Waals surface area contributed by atoms with Gasteiger partial charge in [0.05, 0.1) is 10.7 Å². The number of nitrogens with zero attached hydrogens (tertiary/aromatic N) is 1. The molecule has 31 heavy (non-hydrogen) atoms. The molecule has 3 aromatic carbocycles. The van der Waals surface area contributed by atoms with E-state index in [0.29, 0.717) is 5.69 Å². The molecule has 0 aromatic heterocycles. The van der Waals surface area contributed by atoms with Gasteiger partial charge in [0.15, 0.2) is 0 Å². The number of hydrogen-bond donors (Lipinski definition) is 2. The highest BCUT2D eigenvalue weighted by Crippen LogP contribution is 2.23. The number of nitro groups is 1. The third-order valence-electron chi connectivity index (χ3n) is 4.29. The topological polar surface area (TPSA) is 101 Å². The van der Waals surface area contributed by atoms with E-state index in [4.69, 9.17) is 0 Å². The molecule has 0 fully saturated rings. The maximum atomic E-state index is 12.4. The van der Waals surface area contributed by atoms with Crippen molar-refractivity contribution < 1.29 is 14.5 Å². The minimum Gasteiger partial charge on any atom is -0.325 e. The quantitative estimate of drug-likeness (QED) is 0.302. The SMILES string of the molecule is Cc1cc(C)cc(NC(=O)CSc2cccc(NC(=O)c3cccc([N+](=O)[O-])c3)c2)c1. The Bertz CT molecular complexity index is 1130. The monoisotopic (exact) mass is 435 g/mol. The zero-order chi connectivity index (χ0) is 22.4. The Kier molecular flexibility index (Phi) is 7.04. The maximum Gasteiger partial charge on any atom is 0.270 e. The number of hydrogen-bond acceptors (Lipinski definition) is 5. The van der Waals surface area contributed by atoms with E-state index in [-0.39, 0.29) is 22.9 Å². The van der Waals surface area contributed by atoms with Crippen LogP contribution in [-0.2, 0) is 4.79 Å². The summed E-state index contributed by atoms with van der Waals surface area (Å²) in [5.41, 5.74) is 3.51. The number of thioether (sulfide) groups is 1. The second kappa shape index (κ2) is 9.90. The Hall–Kier alpha value is -3.65. The number of benzene rings is 3. The van der Waals surface area contributed by atoms with Gasteiger partial charge in [-0.15, -0.1) is 11.8 Å². The highest BCUT2D eigenvalue weighted by molar-refractivity contribution is 8.00. The lowest BCUT2D eigenvalue weighted by molar-refractivity contribution is -0.384. The van der Waals surface area contributed by atoms with Crippen LogP contribution in [0.25, 0.3) is 0 Å². The van der Waals surface area contributed by atoms with Crippen molar-refractivity contribution >= 4 is 40.6 Å². The zero-order valence-electron chi connectivity index (χ0n) is 17.0. The first kappa shape index (κ1) is 22.0. The standard InChI is InChI=1S/C23H21N3O4S/c1-15-9-16(2)11-19(10-15)24-22(27)14-31-21-8-4-6-18(13-21)25-23(28)17-5-3-7-20(12-17)26(29)30/h3-13H,14H2,1-2H3,(H,24,27)(H,25,28). The third kappa shape index (κ3) is 6.42. The molecule has 0 radical (unpaired) electrons. The van der Waals surface area contributed by atoms with Crippen LogP contribution in [0.5, 0.6) is 0 Å². The zero-order valence-corrected chi connectivity index (χ0v) is 17.9. The van der Waals surface area contributed by atoms with Gasteiger partial charge < -0.3 is 10.6 Å². The predicted molar refractivity (Wildman–Crippen MR) is 123 cm³/mol. The van der Waals surface area contributed by atoms with E-state index in [0.717, 1.165) is 21.7 Å². The first-order valence-corrected chi connectivity index (χ1v) is 10.5. The molecule has 7 nitrogen and oxygen atoms in total. The Morgan fingerprint density at radius 1 is 0.903 bits per heavy atom. The number of anilines is 2. The van der Waals surface area contributed by atoms with Crippen LogP contribution in [0.4, 0.5) is 17.1 Å². The average Bonchev–Trinajstić information content (AvgIpc) is 2.72. The van der Waals surface area contributed by atoms with E-state index in [1.54, 1.807) is 18.2 Å². The maximum absolute atomic E-state index is 12.4. The van der Waals surface area contributed by atoms with Gasteiger partial charge in [-0.2, -0.15) is 0 Å². The normalized spacial score (nSPS) is 10.4. The summed E-state index contributed by atoms with van der Waals surface area (Å²) >= 11 is 1.35. The number of aryl methyl sites for hydroxylation is 2. The van der Waals surface area contributed by atoms with Crippen molar-refractivity contribution in [2.45, 2.75) is 18.7 Å². The molecule has 0 aliphatic carbocycles. The Morgan fingerprint density at radius 2 is 1.61 bits per heavy atom. The van der Waals surface area contributed by atoms with Gasteiger partial charge in [0.2, 0.25) is 5.91 Å². The van der Waals surface area contributed by atoms with E-state index < -0.39 is 10.8 Å². The van der Waals surface area contributed by atoms with E-state index >= 15 is 0 Å². The van der Waals surface area contributed by atoms with E-state index in [1.165, 1.54) is 36.0 Å². The Labute approximate surface area is 184 Å². The second-order valence-electron chi connectivity index (χ2n) is 7.00. The van der Waals surface area contributed by atoms with Gasteiger partial charge in [-0.05, 0) is 61.4 Å². The molecule has 158 valence electrons. The van der Waals surface area contributed by atoms with Crippen LogP contribution in [0.15, 0.2) is 71.6 Å². The summed E-state index contributed by atoms with van der Waals surface area (Å²) in [6.45, 7) is 3.95. The summed E-state index contributed by atoms with van der Waals surface area (Å²) in [6.07, 6.45) is 0. The molecular weight excluding hydrogens is 414 g/mol. The van der Waals surface area contributed by atoms with Crippen molar-refractivity contribution in [3.05, 3.63) is 93.5 Å². The van der Waals surface area contributed by atoms with Gasteiger partial charge in [-0.25, -0.2) is 0 Å². The van der Waals surface area contributed by atoms with Crippen LogP contribution in [0.2, 0.25) is 0 Å². The van der Waals surface area contributed by atoms with Gasteiger partial charge in [0.1, 0.15) is 0 Å². The fourth-order valence-corrected chi connectivity index (χ4v) is 3.78. The minimum absolute atomic E-state index is 0.124. The summed E-state index contributed by atoms with van der Waals surface area (Å²) in [6, 6.07) is 18.5. The molecule has 0 aliphatic heterocycles. The Morgan fingerprint density at radius 3 is 2.32 bits per heavy atom. The van der Waals surface area contributed by atoms with Gasteiger partial charge in [0, 0.05) is 34.0 Å². The first-order valence-electron chi connectivity index (χ1n) is 9.47. The molecule has 0 aliphatic rings. The van der Waals surface area contributed by atoms with Crippen LogP contribution in [-0.4, -0.2) is 22.5 Å². The molecule has 2 amide bonds. The van der Waals surface area contributed by atoms with Gasteiger partial charge >= 0.3 is 0 Å². The minimum atomic E-state index is -0.544. The molecule has 0 atom stereocenters. The van der Waals surface area contributed by atoms with Crippen LogP contribution in [0.1, 0.15) is 21.5 Å². The number of amides is 2. The molecule has 8 heteroatoms. The van der Waals surface area contributed by atoms with Crippen molar-refractivity contribution in [2.24, 2.45) is 0 Å². The number of nitro benzene ring substituents is 1. The van der Waals surface area contributed by atoms with Gasteiger partial charge in [-0.1, -0.05) is 18.2 Å². The molecular formula is C23H21N3O4S. The lowest BCUT2D eigenvalue weighted by Crippen LogP contribution is -2.14. The number of non-ortho nitro benzene ring substituents is 1. The fraction of sp³-hybridized carbons (Fsp3) is 0.130. The molecule has 0 saturated heterocycles. The average molecular weight is 436 g/mol.